The summed E-state index contributed by atoms with van der Waals surface area (Å²) in [7, 11) is 0. The van der Waals surface area contributed by atoms with Gasteiger partial charge in [0.15, 0.2) is 0 Å². The zero-order chi connectivity index (χ0) is 11.3. The van der Waals surface area contributed by atoms with Crippen LogP contribution in [-0.4, -0.2) is 24.1 Å². The van der Waals surface area contributed by atoms with Crippen molar-refractivity contribution in [3.05, 3.63) is 18.3 Å². The van der Waals surface area contributed by atoms with Crippen LogP contribution in [-0.2, 0) is 0 Å². The molecule has 5 heteroatoms. The number of halogens is 2. The molecule has 1 aromatic heterocycles. The molecule has 0 saturated heterocycles. The average Bonchev–Trinajstić information content (AvgIpc) is 2.21. The first-order valence-corrected chi connectivity index (χ1v) is 4.77. The van der Waals surface area contributed by atoms with Crippen LogP contribution < -0.4 is 10.1 Å². The first-order valence-electron chi connectivity index (χ1n) is 4.77. The number of pyridine rings is 1. The summed E-state index contributed by atoms with van der Waals surface area (Å²) in [6.07, 6.45) is -0.858. The summed E-state index contributed by atoms with van der Waals surface area (Å²) in [4.78, 5) is 3.95. The predicted octanol–water partition coefficient (Wildman–Crippen LogP) is 2.55. The number of nitrogens with zero attached hydrogens (tertiary/aromatic N) is 1. The summed E-state index contributed by atoms with van der Waals surface area (Å²) in [6.45, 7) is 3.68. The van der Waals surface area contributed by atoms with Gasteiger partial charge < -0.3 is 10.1 Å². The predicted molar refractivity (Wildman–Crippen MR) is 54.5 cm³/mol. The summed E-state index contributed by atoms with van der Waals surface area (Å²) >= 11 is 0. The fourth-order valence-corrected chi connectivity index (χ4v) is 1.06. The van der Waals surface area contributed by atoms with E-state index in [4.69, 9.17) is 4.74 Å². The Morgan fingerprint density at radius 3 is 2.87 bits per heavy atom. The molecule has 0 aromatic carbocycles. The maximum atomic E-state index is 12.3. The largest absolute Gasteiger partial charge is 0.476 e. The quantitative estimate of drug-likeness (QED) is 0.821. The Bertz CT molecular complexity index is 307. The first kappa shape index (κ1) is 11.7. The van der Waals surface area contributed by atoms with Gasteiger partial charge in [0.2, 0.25) is 5.88 Å². The third-order valence-corrected chi connectivity index (χ3v) is 1.81. The lowest BCUT2D eigenvalue weighted by atomic mass is 10.3. The molecular weight excluding hydrogens is 202 g/mol. The molecule has 1 aromatic rings. The highest BCUT2D eigenvalue weighted by Crippen LogP contribution is 2.22. The third-order valence-electron chi connectivity index (χ3n) is 1.81. The van der Waals surface area contributed by atoms with Crippen molar-refractivity contribution in [1.82, 2.24) is 4.98 Å². The average molecular weight is 216 g/mol. The molecule has 84 valence electrons. The van der Waals surface area contributed by atoms with Gasteiger partial charge in [-0.05, 0) is 26.0 Å². The number of rotatable bonds is 5. The molecule has 0 aliphatic heterocycles. The Balaban J connectivity index is 2.74. The van der Waals surface area contributed by atoms with Crippen molar-refractivity contribution in [1.29, 1.82) is 0 Å². The highest BCUT2D eigenvalue weighted by molar-refractivity contribution is 5.52. The number of anilines is 1. The van der Waals surface area contributed by atoms with Crippen molar-refractivity contribution < 1.29 is 13.5 Å². The van der Waals surface area contributed by atoms with Gasteiger partial charge >= 0.3 is 0 Å². The standard InChI is InChI=1S/C10H14F2N2O/c1-3-15-10-8(5-4-6-13-10)14-7(2)9(11)12/h4-7,9,14H,3H2,1-2H3. The second-order valence-corrected chi connectivity index (χ2v) is 3.06. The van der Waals surface area contributed by atoms with Crippen LogP contribution in [0.1, 0.15) is 13.8 Å². The Hall–Kier alpha value is -1.39. The van der Waals surface area contributed by atoms with Crippen LogP contribution in [0.5, 0.6) is 5.88 Å². The molecule has 15 heavy (non-hydrogen) atoms. The van der Waals surface area contributed by atoms with Gasteiger partial charge in [0, 0.05) is 6.20 Å². The SMILES string of the molecule is CCOc1ncccc1NC(C)C(F)F. The van der Waals surface area contributed by atoms with E-state index in [1.807, 2.05) is 6.92 Å². The van der Waals surface area contributed by atoms with Crippen molar-refractivity contribution >= 4 is 5.69 Å². The van der Waals surface area contributed by atoms with Crippen LogP contribution in [0, 0.1) is 0 Å². The van der Waals surface area contributed by atoms with E-state index in [9.17, 15) is 8.78 Å². The van der Waals surface area contributed by atoms with E-state index in [0.717, 1.165) is 0 Å². The maximum absolute atomic E-state index is 12.3. The molecule has 1 atom stereocenters. The van der Waals surface area contributed by atoms with Crippen LogP contribution in [0.15, 0.2) is 18.3 Å². The van der Waals surface area contributed by atoms with Gasteiger partial charge in [-0.2, -0.15) is 0 Å². The smallest absolute Gasteiger partial charge is 0.258 e. The molecule has 1 N–H and O–H groups in total. The number of aromatic nitrogens is 1. The van der Waals surface area contributed by atoms with E-state index in [1.165, 1.54) is 6.92 Å². The monoisotopic (exact) mass is 216 g/mol. The minimum absolute atomic E-state index is 0.354. The Morgan fingerprint density at radius 1 is 1.53 bits per heavy atom. The summed E-state index contributed by atoms with van der Waals surface area (Å²) in [6, 6.07) is 2.41. The van der Waals surface area contributed by atoms with Crippen LogP contribution in [0.25, 0.3) is 0 Å². The van der Waals surface area contributed by atoms with Gasteiger partial charge in [0.1, 0.15) is 0 Å². The molecule has 0 radical (unpaired) electrons. The highest BCUT2D eigenvalue weighted by Gasteiger charge is 2.16. The fourth-order valence-electron chi connectivity index (χ4n) is 1.06. The minimum atomic E-state index is -2.42. The Kier molecular flexibility index (Phi) is 4.27. The molecule has 3 nitrogen and oxygen atoms in total. The molecule has 0 aliphatic rings. The second-order valence-electron chi connectivity index (χ2n) is 3.06. The van der Waals surface area contributed by atoms with E-state index >= 15 is 0 Å². The van der Waals surface area contributed by atoms with Crippen LogP contribution in [0.4, 0.5) is 14.5 Å². The zero-order valence-electron chi connectivity index (χ0n) is 8.71. The molecule has 1 unspecified atom stereocenters. The molecule has 1 heterocycles. The van der Waals surface area contributed by atoms with Crippen molar-refractivity contribution in [2.45, 2.75) is 26.3 Å². The molecule has 0 aliphatic carbocycles. The molecule has 1 rings (SSSR count). The van der Waals surface area contributed by atoms with Gasteiger partial charge in [-0.25, -0.2) is 13.8 Å². The summed E-state index contributed by atoms with van der Waals surface area (Å²) in [5.74, 6) is 0.354. The summed E-state index contributed by atoms with van der Waals surface area (Å²) < 4.78 is 29.8. The zero-order valence-corrected chi connectivity index (χ0v) is 8.71. The minimum Gasteiger partial charge on any atom is -0.476 e. The normalized spacial score (nSPS) is 12.6. The lowest BCUT2D eigenvalue weighted by Gasteiger charge is -2.16. The van der Waals surface area contributed by atoms with E-state index in [-0.39, 0.29) is 0 Å². The lowest BCUT2D eigenvalue weighted by molar-refractivity contribution is 0.130. The van der Waals surface area contributed by atoms with E-state index in [1.54, 1.807) is 18.3 Å². The third kappa shape index (κ3) is 3.34. The van der Waals surface area contributed by atoms with Gasteiger partial charge in [0.25, 0.3) is 6.43 Å². The van der Waals surface area contributed by atoms with Crippen molar-refractivity contribution in [3.8, 4) is 5.88 Å². The number of hydrogen-bond donors (Lipinski definition) is 1. The molecule has 0 amide bonds. The van der Waals surface area contributed by atoms with Crippen LogP contribution in [0.2, 0.25) is 0 Å². The number of hydrogen-bond acceptors (Lipinski definition) is 3. The highest BCUT2D eigenvalue weighted by atomic mass is 19.3. The van der Waals surface area contributed by atoms with E-state index in [2.05, 4.69) is 10.3 Å². The molecule has 0 fully saturated rings. The molecule has 0 bridgehead atoms. The topological polar surface area (TPSA) is 34.1 Å². The summed E-state index contributed by atoms with van der Waals surface area (Å²) in [5.41, 5.74) is 0.493. The van der Waals surface area contributed by atoms with E-state index < -0.39 is 12.5 Å². The fraction of sp³-hybridized carbons (Fsp3) is 0.500. The van der Waals surface area contributed by atoms with Gasteiger partial charge in [-0.3, -0.25) is 0 Å². The van der Waals surface area contributed by atoms with Gasteiger partial charge in [-0.15, -0.1) is 0 Å². The van der Waals surface area contributed by atoms with Crippen LogP contribution in [0.3, 0.4) is 0 Å². The van der Waals surface area contributed by atoms with Crippen molar-refractivity contribution in [3.63, 3.8) is 0 Å². The van der Waals surface area contributed by atoms with Gasteiger partial charge in [0.05, 0.1) is 18.3 Å². The number of ether oxygens (including phenoxy) is 1. The first-order chi connectivity index (χ1) is 7.15. The molecule has 0 saturated carbocycles. The molecule has 0 spiro atoms. The second kappa shape index (κ2) is 5.48. The van der Waals surface area contributed by atoms with Crippen molar-refractivity contribution in [2.75, 3.05) is 11.9 Å². The summed E-state index contributed by atoms with van der Waals surface area (Å²) in [5, 5.41) is 2.66. The van der Waals surface area contributed by atoms with Gasteiger partial charge in [-0.1, -0.05) is 0 Å². The Labute approximate surface area is 87.5 Å². The maximum Gasteiger partial charge on any atom is 0.258 e. The van der Waals surface area contributed by atoms with E-state index in [0.29, 0.717) is 18.2 Å². The molecular formula is C10H14F2N2O. The lowest BCUT2D eigenvalue weighted by Crippen LogP contribution is -2.24. The Morgan fingerprint density at radius 2 is 2.27 bits per heavy atom. The number of alkyl halides is 2. The van der Waals surface area contributed by atoms with Crippen LogP contribution >= 0.6 is 0 Å². The van der Waals surface area contributed by atoms with Crippen molar-refractivity contribution in [2.24, 2.45) is 0 Å². The number of nitrogens with one attached hydrogen (secondary N) is 1.